The van der Waals surface area contributed by atoms with E-state index in [9.17, 15) is 5.11 Å². The number of pyridine rings is 1. The zero-order valence-electron chi connectivity index (χ0n) is 15.1. The molecule has 0 radical (unpaired) electrons. The van der Waals surface area contributed by atoms with Gasteiger partial charge >= 0.3 is 0 Å². The van der Waals surface area contributed by atoms with Gasteiger partial charge in [-0.2, -0.15) is 0 Å². The largest absolute Gasteiger partial charge is 0.478 e. The van der Waals surface area contributed by atoms with Gasteiger partial charge in [0.15, 0.2) is 0 Å². The molecule has 2 atom stereocenters. The first-order valence-electron chi connectivity index (χ1n) is 9.73. The number of aromatic amines is 1. The molecule has 0 saturated heterocycles. The molecule has 26 heavy (non-hydrogen) atoms. The van der Waals surface area contributed by atoms with E-state index < -0.39 is 5.60 Å². The number of H-pyrrole nitrogens is 1. The van der Waals surface area contributed by atoms with E-state index in [4.69, 9.17) is 10.1 Å². The average Bonchev–Trinajstić information content (AvgIpc) is 3.05. The third kappa shape index (κ3) is 2.42. The van der Waals surface area contributed by atoms with E-state index in [1.165, 1.54) is 12.8 Å². The van der Waals surface area contributed by atoms with Crippen molar-refractivity contribution in [2.24, 2.45) is 17.8 Å². The van der Waals surface area contributed by atoms with E-state index in [0.717, 1.165) is 36.0 Å². The van der Waals surface area contributed by atoms with Crippen molar-refractivity contribution in [2.45, 2.75) is 50.7 Å². The molecule has 2 heterocycles. The molecule has 6 heteroatoms. The van der Waals surface area contributed by atoms with Crippen molar-refractivity contribution in [3.05, 3.63) is 24.0 Å². The highest BCUT2D eigenvalue weighted by atomic mass is 16.5. The fraction of sp³-hybridized carbons (Fsp3) is 0.600. The molecule has 4 aliphatic rings. The topological polar surface area (TPSA) is 94.0 Å². The van der Waals surface area contributed by atoms with Gasteiger partial charge in [0.05, 0.1) is 23.5 Å². The summed E-state index contributed by atoms with van der Waals surface area (Å²) in [7, 11) is 0. The van der Waals surface area contributed by atoms with Gasteiger partial charge in [0.2, 0.25) is 5.90 Å². The fourth-order valence-electron chi connectivity index (χ4n) is 5.94. The van der Waals surface area contributed by atoms with Crippen molar-refractivity contribution in [1.29, 1.82) is 5.41 Å². The monoisotopic (exact) mass is 354 g/mol. The second-order valence-corrected chi connectivity index (χ2v) is 8.41. The third-order valence-electron chi connectivity index (χ3n) is 6.67. The minimum Gasteiger partial charge on any atom is -0.478 e. The fourth-order valence-corrected chi connectivity index (χ4v) is 5.94. The molecule has 0 aliphatic heterocycles. The van der Waals surface area contributed by atoms with Gasteiger partial charge in [-0.3, -0.25) is 5.41 Å². The van der Waals surface area contributed by atoms with Crippen LogP contribution in [0.1, 0.15) is 44.6 Å². The van der Waals surface area contributed by atoms with E-state index in [1.54, 1.807) is 6.20 Å². The lowest BCUT2D eigenvalue weighted by Crippen LogP contribution is -2.59. The standard InChI is InChI=1S/C20H26N4O2/c1-2-26-18(21)15-10-23-19-14(3-4-22-19)17(15)24-16-12-5-11-6-13(16)9-20(25,7-11)8-12/h3-4,10-13,16,21,25H,2,5-9H2,1H3,(H2,22,23,24)/t11?,12?,13?,16-,20+. The Morgan fingerprint density at radius 2 is 2.15 bits per heavy atom. The Bertz CT molecular complexity index is 845. The lowest BCUT2D eigenvalue weighted by molar-refractivity contribution is -0.129. The minimum atomic E-state index is -0.433. The molecule has 0 amide bonds. The van der Waals surface area contributed by atoms with E-state index in [2.05, 4.69) is 15.3 Å². The van der Waals surface area contributed by atoms with Crippen molar-refractivity contribution < 1.29 is 9.84 Å². The number of aromatic nitrogens is 2. The Labute approximate surface area is 152 Å². The SMILES string of the molecule is CCOC(=N)c1cnc2[nH]ccc2c1N[C@H]1C2CC3CC1C[C@@](O)(C3)C2. The summed E-state index contributed by atoms with van der Waals surface area (Å²) in [6, 6.07) is 2.36. The smallest absolute Gasteiger partial charge is 0.216 e. The molecular formula is C20H26N4O2. The summed E-state index contributed by atoms with van der Waals surface area (Å²) in [6.07, 6.45) is 8.81. The number of nitrogens with one attached hydrogen (secondary N) is 3. The molecule has 2 aromatic rings. The number of hydrogen-bond acceptors (Lipinski definition) is 5. The van der Waals surface area contributed by atoms with E-state index in [0.29, 0.717) is 36.0 Å². The van der Waals surface area contributed by atoms with E-state index in [-0.39, 0.29) is 5.90 Å². The van der Waals surface area contributed by atoms with Gasteiger partial charge in [0, 0.05) is 23.8 Å². The number of aliphatic hydroxyl groups is 1. The molecular weight excluding hydrogens is 328 g/mol. The zero-order valence-corrected chi connectivity index (χ0v) is 15.1. The maximum Gasteiger partial charge on any atom is 0.216 e. The molecule has 0 aromatic carbocycles. The first kappa shape index (κ1) is 16.1. The van der Waals surface area contributed by atoms with Gasteiger partial charge in [-0.1, -0.05) is 0 Å². The zero-order chi connectivity index (χ0) is 17.9. The Kier molecular flexibility index (Phi) is 3.54. The van der Waals surface area contributed by atoms with Crippen LogP contribution >= 0.6 is 0 Å². The average molecular weight is 354 g/mol. The van der Waals surface area contributed by atoms with Gasteiger partial charge < -0.3 is 20.1 Å². The minimum absolute atomic E-state index is 0.160. The second kappa shape index (κ2) is 5.71. The highest BCUT2D eigenvalue weighted by molar-refractivity contribution is 6.05. The van der Waals surface area contributed by atoms with Crippen molar-refractivity contribution in [1.82, 2.24) is 9.97 Å². The van der Waals surface area contributed by atoms with Crippen molar-refractivity contribution in [3.63, 3.8) is 0 Å². The Morgan fingerprint density at radius 1 is 1.38 bits per heavy atom. The van der Waals surface area contributed by atoms with Crippen LogP contribution in [0.15, 0.2) is 18.5 Å². The lowest BCUT2D eigenvalue weighted by Gasteiger charge is -2.58. The quantitative estimate of drug-likeness (QED) is 0.501. The summed E-state index contributed by atoms with van der Waals surface area (Å²) in [5.41, 5.74) is 2.05. The molecule has 4 fully saturated rings. The van der Waals surface area contributed by atoms with Crippen LogP contribution in [0.4, 0.5) is 5.69 Å². The first-order valence-corrected chi connectivity index (χ1v) is 9.73. The molecule has 4 aliphatic carbocycles. The van der Waals surface area contributed by atoms with Crippen molar-refractivity contribution in [3.8, 4) is 0 Å². The predicted molar refractivity (Wildman–Crippen MR) is 100 cm³/mol. The number of nitrogens with zero attached hydrogens (tertiary/aromatic N) is 1. The summed E-state index contributed by atoms with van der Waals surface area (Å²) in [5.74, 6) is 1.85. The van der Waals surface area contributed by atoms with Crippen molar-refractivity contribution >= 4 is 22.6 Å². The molecule has 0 spiro atoms. The van der Waals surface area contributed by atoms with Gasteiger partial charge in [0.25, 0.3) is 0 Å². The molecule has 4 saturated carbocycles. The molecule has 4 N–H and O–H groups in total. The van der Waals surface area contributed by atoms with Crippen LogP contribution in [-0.4, -0.2) is 39.2 Å². The summed E-state index contributed by atoms with van der Waals surface area (Å²) >= 11 is 0. The van der Waals surface area contributed by atoms with Gasteiger partial charge in [-0.25, -0.2) is 4.98 Å². The molecule has 2 aromatic heterocycles. The third-order valence-corrected chi connectivity index (χ3v) is 6.67. The van der Waals surface area contributed by atoms with Gasteiger partial charge in [0.1, 0.15) is 5.65 Å². The van der Waals surface area contributed by atoms with Crippen LogP contribution in [0.3, 0.4) is 0 Å². The highest BCUT2D eigenvalue weighted by Crippen LogP contribution is 2.56. The number of hydrogen-bond donors (Lipinski definition) is 4. The summed E-state index contributed by atoms with van der Waals surface area (Å²) in [5, 5.41) is 23.9. The number of fused-ring (bicyclic) bond motifs is 1. The molecule has 4 bridgehead atoms. The predicted octanol–water partition coefficient (Wildman–Crippen LogP) is 3.28. The van der Waals surface area contributed by atoms with E-state index in [1.807, 2.05) is 19.2 Å². The number of ether oxygens (including phenoxy) is 1. The van der Waals surface area contributed by atoms with Crippen LogP contribution in [0.2, 0.25) is 0 Å². The van der Waals surface area contributed by atoms with Crippen LogP contribution in [0.5, 0.6) is 0 Å². The van der Waals surface area contributed by atoms with Crippen LogP contribution in [0.25, 0.3) is 11.0 Å². The van der Waals surface area contributed by atoms with Crippen molar-refractivity contribution in [2.75, 3.05) is 11.9 Å². The maximum absolute atomic E-state index is 10.8. The Morgan fingerprint density at radius 3 is 2.85 bits per heavy atom. The second-order valence-electron chi connectivity index (χ2n) is 8.41. The van der Waals surface area contributed by atoms with Gasteiger partial charge in [-0.05, 0) is 62.8 Å². The number of rotatable bonds is 4. The summed E-state index contributed by atoms with van der Waals surface area (Å²) in [6.45, 7) is 2.36. The normalized spacial score (nSPS) is 35.0. The van der Waals surface area contributed by atoms with Crippen LogP contribution < -0.4 is 5.32 Å². The first-order chi connectivity index (χ1) is 12.6. The molecule has 2 unspecified atom stereocenters. The van der Waals surface area contributed by atoms with Crippen LogP contribution in [-0.2, 0) is 4.74 Å². The Balaban J connectivity index is 1.52. The Hall–Kier alpha value is -2.08. The van der Waals surface area contributed by atoms with E-state index >= 15 is 0 Å². The lowest BCUT2D eigenvalue weighted by atomic mass is 9.52. The number of anilines is 1. The molecule has 6 nitrogen and oxygen atoms in total. The van der Waals surface area contributed by atoms with Gasteiger partial charge in [-0.15, -0.1) is 0 Å². The highest BCUT2D eigenvalue weighted by Gasteiger charge is 2.54. The van der Waals surface area contributed by atoms with Crippen LogP contribution in [0, 0.1) is 23.2 Å². The molecule has 138 valence electrons. The summed E-state index contributed by atoms with van der Waals surface area (Å²) < 4.78 is 5.47. The molecule has 6 rings (SSSR count). The maximum atomic E-state index is 10.8. The summed E-state index contributed by atoms with van der Waals surface area (Å²) in [4.78, 5) is 7.61.